The number of anilines is 1. The normalized spacial score (nSPS) is 14.2. The first kappa shape index (κ1) is 17.9. The summed E-state index contributed by atoms with van der Waals surface area (Å²) in [5.74, 6) is 0. The van der Waals surface area contributed by atoms with Crippen molar-refractivity contribution < 1.29 is 28.5 Å². The number of halogens is 1. The van der Waals surface area contributed by atoms with Crippen LogP contribution in [-0.2, 0) is 7.05 Å². The van der Waals surface area contributed by atoms with Gasteiger partial charge in [-0.05, 0) is 48.7 Å². The maximum absolute atomic E-state index is 4.77. The summed E-state index contributed by atoms with van der Waals surface area (Å²) in [5.41, 5.74) is 4.55. The van der Waals surface area contributed by atoms with E-state index >= 15 is 0 Å². The van der Waals surface area contributed by atoms with Crippen LogP contribution < -0.4 is 33.4 Å². The molecule has 4 heteroatoms. The summed E-state index contributed by atoms with van der Waals surface area (Å²) in [6.45, 7) is 2.35. The third kappa shape index (κ3) is 4.18. The van der Waals surface area contributed by atoms with Crippen molar-refractivity contribution in [2.75, 3.05) is 18.0 Å². The molecular formula is C21H22IN3. The van der Waals surface area contributed by atoms with Crippen LogP contribution in [0.25, 0.3) is 23.1 Å². The van der Waals surface area contributed by atoms with Crippen LogP contribution in [0.4, 0.5) is 5.69 Å². The first-order valence-corrected chi connectivity index (χ1v) is 8.57. The van der Waals surface area contributed by atoms with E-state index in [1.165, 1.54) is 42.6 Å². The Labute approximate surface area is 166 Å². The van der Waals surface area contributed by atoms with Crippen LogP contribution >= 0.6 is 0 Å². The van der Waals surface area contributed by atoms with E-state index < -0.39 is 0 Å². The van der Waals surface area contributed by atoms with Gasteiger partial charge in [-0.1, -0.05) is 12.1 Å². The minimum Gasteiger partial charge on any atom is -1.00 e. The topological polar surface area (TPSA) is 20.0 Å². The molecule has 0 bridgehead atoms. The summed E-state index contributed by atoms with van der Waals surface area (Å²) < 4.78 is 2.03. The summed E-state index contributed by atoms with van der Waals surface area (Å²) in [6.07, 6.45) is 10.9. The van der Waals surface area contributed by atoms with Gasteiger partial charge in [0.15, 0.2) is 12.4 Å². The Kier molecular flexibility index (Phi) is 5.68. The molecule has 25 heavy (non-hydrogen) atoms. The van der Waals surface area contributed by atoms with Gasteiger partial charge in [-0.2, -0.15) is 0 Å². The van der Waals surface area contributed by atoms with Gasteiger partial charge in [-0.25, -0.2) is 9.55 Å². The van der Waals surface area contributed by atoms with Gasteiger partial charge in [0.1, 0.15) is 7.05 Å². The number of aromatic nitrogens is 2. The van der Waals surface area contributed by atoms with Gasteiger partial charge in [-0.3, -0.25) is 0 Å². The summed E-state index contributed by atoms with van der Waals surface area (Å²) >= 11 is 0. The Hall–Kier alpha value is -1.95. The zero-order valence-corrected chi connectivity index (χ0v) is 16.6. The molecule has 0 amide bonds. The first-order chi connectivity index (χ1) is 11.8. The lowest BCUT2D eigenvalue weighted by molar-refractivity contribution is -0.671. The van der Waals surface area contributed by atoms with Crippen LogP contribution in [0.15, 0.2) is 54.9 Å². The van der Waals surface area contributed by atoms with E-state index in [2.05, 4.69) is 59.5 Å². The fourth-order valence-electron chi connectivity index (χ4n) is 3.20. The van der Waals surface area contributed by atoms with Crippen LogP contribution in [0, 0.1) is 0 Å². The molecule has 3 heterocycles. The molecule has 0 unspecified atom stereocenters. The predicted octanol–water partition coefficient (Wildman–Crippen LogP) is 0.834. The molecule has 0 spiro atoms. The highest BCUT2D eigenvalue weighted by molar-refractivity contribution is 5.84. The highest BCUT2D eigenvalue weighted by atomic mass is 127. The van der Waals surface area contributed by atoms with Gasteiger partial charge in [0.2, 0.25) is 0 Å². The molecular weight excluding hydrogens is 421 g/mol. The Bertz CT molecular complexity index is 881. The highest BCUT2D eigenvalue weighted by Crippen LogP contribution is 2.24. The average Bonchev–Trinajstić information content (AvgIpc) is 3.15. The maximum Gasteiger partial charge on any atom is 0.169 e. The standard InChI is InChI=1S/C21H22N3.HI/c1-23-14-10-17(11-15-23)4-6-19-7-5-18-16-20(8-9-21(18)22-19)24-12-2-3-13-24;/h4-11,14-16H,2-3,12-13H2,1H3;1H/q+1;/p-1. The van der Waals surface area contributed by atoms with Crippen LogP contribution in [0.2, 0.25) is 0 Å². The molecule has 1 aliphatic heterocycles. The molecule has 1 aromatic carbocycles. The first-order valence-electron chi connectivity index (χ1n) is 8.57. The third-order valence-electron chi connectivity index (χ3n) is 4.62. The fourth-order valence-corrected chi connectivity index (χ4v) is 3.20. The lowest BCUT2D eigenvalue weighted by Gasteiger charge is -2.17. The van der Waals surface area contributed by atoms with Crippen molar-refractivity contribution in [1.82, 2.24) is 4.98 Å². The molecule has 1 fully saturated rings. The van der Waals surface area contributed by atoms with Gasteiger partial charge in [0.05, 0.1) is 11.2 Å². The molecule has 128 valence electrons. The molecule has 0 atom stereocenters. The number of aryl methyl sites for hydroxylation is 1. The monoisotopic (exact) mass is 443 g/mol. The van der Waals surface area contributed by atoms with Crippen molar-refractivity contribution in [3.8, 4) is 0 Å². The summed E-state index contributed by atoms with van der Waals surface area (Å²) in [7, 11) is 2.02. The van der Waals surface area contributed by atoms with Gasteiger partial charge >= 0.3 is 0 Å². The Morgan fingerprint density at radius 2 is 1.72 bits per heavy atom. The van der Waals surface area contributed by atoms with Crippen LogP contribution in [0.3, 0.4) is 0 Å². The molecule has 0 N–H and O–H groups in total. The summed E-state index contributed by atoms with van der Waals surface area (Å²) in [4.78, 5) is 7.23. The van der Waals surface area contributed by atoms with Crippen molar-refractivity contribution in [2.24, 2.45) is 7.05 Å². The van der Waals surface area contributed by atoms with Crippen LogP contribution in [0.1, 0.15) is 24.1 Å². The fraction of sp³-hybridized carbons (Fsp3) is 0.238. The SMILES string of the molecule is C[n+]1ccc(C=Cc2ccc3cc(N4CCCC4)ccc3n2)cc1.[I-]. The number of hydrogen-bond donors (Lipinski definition) is 0. The van der Waals surface area contributed by atoms with Crippen molar-refractivity contribution in [1.29, 1.82) is 0 Å². The van der Waals surface area contributed by atoms with E-state index in [0.717, 1.165) is 11.2 Å². The molecule has 1 aliphatic rings. The van der Waals surface area contributed by atoms with Crippen molar-refractivity contribution in [2.45, 2.75) is 12.8 Å². The third-order valence-corrected chi connectivity index (χ3v) is 4.62. The largest absolute Gasteiger partial charge is 1.00 e. The lowest BCUT2D eigenvalue weighted by atomic mass is 10.1. The molecule has 3 aromatic rings. The number of pyridine rings is 2. The minimum absolute atomic E-state index is 0. The van der Waals surface area contributed by atoms with Crippen LogP contribution in [0.5, 0.6) is 0 Å². The van der Waals surface area contributed by atoms with E-state index in [1.54, 1.807) is 0 Å². The van der Waals surface area contributed by atoms with Gasteiger partial charge in [0.25, 0.3) is 0 Å². The summed E-state index contributed by atoms with van der Waals surface area (Å²) in [6, 6.07) is 15.1. The number of hydrogen-bond acceptors (Lipinski definition) is 2. The van der Waals surface area contributed by atoms with Crippen molar-refractivity contribution >= 4 is 28.7 Å². The number of rotatable bonds is 3. The Morgan fingerprint density at radius 3 is 2.48 bits per heavy atom. The van der Waals surface area contributed by atoms with E-state index in [4.69, 9.17) is 4.98 Å². The second kappa shape index (κ2) is 7.95. The summed E-state index contributed by atoms with van der Waals surface area (Å²) in [5, 5.41) is 1.21. The zero-order chi connectivity index (χ0) is 16.4. The Morgan fingerprint density at radius 1 is 0.960 bits per heavy atom. The average molecular weight is 443 g/mol. The quantitative estimate of drug-likeness (QED) is 0.442. The molecule has 2 aromatic heterocycles. The minimum atomic E-state index is 0. The zero-order valence-electron chi connectivity index (χ0n) is 14.4. The second-order valence-electron chi connectivity index (χ2n) is 6.44. The molecule has 4 rings (SSSR count). The molecule has 1 saturated heterocycles. The van der Waals surface area contributed by atoms with Gasteiger partial charge < -0.3 is 28.9 Å². The second-order valence-corrected chi connectivity index (χ2v) is 6.44. The number of nitrogens with zero attached hydrogens (tertiary/aromatic N) is 3. The highest BCUT2D eigenvalue weighted by Gasteiger charge is 2.12. The van der Waals surface area contributed by atoms with E-state index in [1.807, 2.05) is 24.0 Å². The predicted molar refractivity (Wildman–Crippen MR) is 99.7 cm³/mol. The number of benzene rings is 1. The van der Waals surface area contributed by atoms with Gasteiger partial charge in [0, 0.05) is 36.3 Å². The molecule has 3 nitrogen and oxygen atoms in total. The number of fused-ring (bicyclic) bond motifs is 1. The molecule has 0 saturated carbocycles. The molecule has 0 aliphatic carbocycles. The van der Waals surface area contributed by atoms with Crippen LogP contribution in [-0.4, -0.2) is 18.1 Å². The van der Waals surface area contributed by atoms with Gasteiger partial charge in [-0.15, -0.1) is 0 Å². The molecule has 0 radical (unpaired) electrons. The smallest absolute Gasteiger partial charge is 0.169 e. The maximum atomic E-state index is 4.77. The Balaban J connectivity index is 0.00000182. The van der Waals surface area contributed by atoms with Crippen molar-refractivity contribution in [3.05, 3.63) is 66.1 Å². The van der Waals surface area contributed by atoms with E-state index in [9.17, 15) is 0 Å². The lowest BCUT2D eigenvalue weighted by Crippen LogP contribution is -3.00. The van der Waals surface area contributed by atoms with Crippen molar-refractivity contribution in [3.63, 3.8) is 0 Å². The van der Waals surface area contributed by atoms with E-state index in [-0.39, 0.29) is 24.0 Å². The van der Waals surface area contributed by atoms with E-state index in [0.29, 0.717) is 0 Å².